The largest absolute Gasteiger partial charge is 0.477 e. The van der Waals surface area contributed by atoms with E-state index < -0.39 is 17.7 Å². The van der Waals surface area contributed by atoms with E-state index in [1.807, 2.05) is 0 Å². The third-order valence-electron chi connectivity index (χ3n) is 2.55. The molecule has 4 nitrogen and oxygen atoms in total. The summed E-state index contributed by atoms with van der Waals surface area (Å²) in [6.07, 6.45) is -3.37. The minimum atomic E-state index is -4.62. The molecule has 1 heterocycles. The number of hydrogen-bond donors (Lipinski definition) is 2. The highest BCUT2D eigenvalue weighted by Crippen LogP contribution is 2.35. The maximum atomic E-state index is 12.9. The normalized spacial score (nSPS) is 11.5. The maximum Gasteiger partial charge on any atom is 0.418 e. The molecule has 3 N–H and O–H groups in total. The third kappa shape index (κ3) is 2.40. The lowest BCUT2D eigenvalue weighted by Crippen LogP contribution is -2.14. The van der Waals surface area contributed by atoms with Crippen LogP contribution in [-0.2, 0) is 6.18 Å². The number of nitrogens with zero attached hydrogens (tertiary/aromatic N) is 1. The number of halogens is 3. The SMILES string of the molecule is Nc1ccc(-n2cccc2C(=O)O)c(C(F)(F)F)c1. The molecule has 1 aromatic heterocycles. The molecular weight excluding hydrogens is 261 g/mol. The summed E-state index contributed by atoms with van der Waals surface area (Å²) in [7, 11) is 0. The number of rotatable bonds is 2. The molecule has 0 aliphatic heterocycles. The zero-order valence-corrected chi connectivity index (χ0v) is 9.48. The quantitative estimate of drug-likeness (QED) is 0.824. The van der Waals surface area contributed by atoms with Gasteiger partial charge in [-0.25, -0.2) is 4.79 Å². The second-order valence-corrected chi connectivity index (χ2v) is 3.84. The van der Waals surface area contributed by atoms with Gasteiger partial charge >= 0.3 is 12.1 Å². The number of anilines is 1. The highest BCUT2D eigenvalue weighted by molar-refractivity contribution is 5.86. The molecular formula is C12H9F3N2O2. The van der Waals surface area contributed by atoms with E-state index in [2.05, 4.69) is 0 Å². The number of carboxylic acids is 1. The van der Waals surface area contributed by atoms with Crippen LogP contribution in [-0.4, -0.2) is 15.6 Å². The molecule has 2 aromatic rings. The Hall–Kier alpha value is -2.44. The third-order valence-corrected chi connectivity index (χ3v) is 2.55. The lowest BCUT2D eigenvalue weighted by atomic mass is 10.1. The summed E-state index contributed by atoms with van der Waals surface area (Å²) < 4.78 is 39.8. The van der Waals surface area contributed by atoms with Gasteiger partial charge in [-0.3, -0.25) is 0 Å². The van der Waals surface area contributed by atoms with Gasteiger partial charge in [0.1, 0.15) is 5.69 Å². The van der Waals surface area contributed by atoms with Gasteiger partial charge in [0.2, 0.25) is 0 Å². The molecule has 0 radical (unpaired) electrons. The summed E-state index contributed by atoms with van der Waals surface area (Å²) in [6.45, 7) is 0. The van der Waals surface area contributed by atoms with Crippen molar-refractivity contribution in [2.45, 2.75) is 6.18 Å². The first-order chi connectivity index (χ1) is 8.80. The highest BCUT2D eigenvalue weighted by Gasteiger charge is 2.34. The summed E-state index contributed by atoms with van der Waals surface area (Å²) in [5.74, 6) is -1.31. The number of alkyl halides is 3. The monoisotopic (exact) mass is 270 g/mol. The fourth-order valence-electron chi connectivity index (χ4n) is 1.76. The number of nitrogens with two attached hydrogens (primary N) is 1. The molecule has 0 spiro atoms. The summed E-state index contributed by atoms with van der Waals surface area (Å²) in [5.41, 5.74) is 3.80. The lowest BCUT2D eigenvalue weighted by molar-refractivity contribution is -0.137. The zero-order chi connectivity index (χ0) is 14.2. The van der Waals surface area contributed by atoms with E-state index in [9.17, 15) is 18.0 Å². The van der Waals surface area contributed by atoms with Gasteiger partial charge < -0.3 is 15.4 Å². The molecule has 0 aliphatic rings. The molecule has 7 heteroatoms. The average Bonchev–Trinajstić information content (AvgIpc) is 2.76. The van der Waals surface area contributed by atoms with E-state index in [1.165, 1.54) is 24.4 Å². The number of benzene rings is 1. The predicted octanol–water partition coefficient (Wildman–Crippen LogP) is 2.78. The Bertz CT molecular complexity index is 632. The van der Waals surface area contributed by atoms with Gasteiger partial charge in [-0.15, -0.1) is 0 Å². The van der Waals surface area contributed by atoms with Crippen molar-refractivity contribution in [2.24, 2.45) is 0 Å². The first-order valence-electron chi connectivity index (χ1n) is 5.18. The molecule has 0 saturated carbocycles. The highest BCUT2D eigenvalue weighted by atomic mass is 19.4. The van der Waals surface area contributed by atoms with Gasteiger partial charge in [0.15, 0.2) is 0 Å². The molecule has 100 valence electrons. The van der Waals surface area contributed by atoms with Crippen LogP contribution in [0.4, 0.5) is 18.9 Å². The van der Waals surface area contributed by atoms with Crippen LogP contribution in [0.1, 0.15) is 16.1 Å². The van der Waals surface area contributed by atoms with Gasteiger partial charge in [0.05, 0.1) is 11.3 Å². The molecule has 0 bridgehead atoms. The maximum absolute atomic E-state index is 12.9. The Labute approximate surface area is 105 Å². The molecule has 0 amide bonds. The number of nitrogen functional groups attached to an aromatic ring is 1. The van der Waals surface area contributed by atoms with Crippen LogP contribution in [0, 0.1) is 0 Å². The molecule has 0 unspecified atom stereocenters. The van der Waals surface area contributed by atoms with Crippen molar-refractivity contribution < 1.29 is 23.1 Å². The fourth-order valence-corrected chi connectivity index (χ4v) is 1.76. The summed E-state index contributed by atoms with van der Waals surface area (Å²) in [6, 6.07) is 5.79. The number of carbonyl (C=O) groups is 1. The van der Waals surface area contributed by atoms with E-state index in [-0.39, 0.29) is 17.1 Å². The van der Waals surface area contributed by atoms with Crippen LogP contribution >= 0.6 is 0 Å². The fraction of sp³-hybridized carbons (Fsp3) is 0.0833. The zero-order valence-electron chi connectivity index (χ0n) is 9.48. The Morgan fingerprint density at radius 1 is 1.26 bits per heavy atom. The lowest BCUT2D eigenvalue weighted by Gasteiger charge is -2.15. The summed E-state index contributed by atoms with van der Waals surface area (Å²) >= 11 is 0. The van der Waals surface area contributed by atoms with Crippen molar-refractivity contribution in [1.29, 1.82) is 0 Å². The van der Waals surface area contributed by atoms with E-state index in [1.54, 1.807) is 0 Å². The second kappa shape index (κ2) is 4.34. The molecule has 0 fully saturated rings. The Kier molecular flexibility index (Phi) is 2.97. The van der Waals surface area contributed by atoms with Crippen LogP contribution in [0.5, 0.6) is 0 Å². The molecule has 19 heavy (non-hydrogen) atoms. The minimum Gasteiger partial charge on any atom is -0.477 e. The molecule has 2 rings (SSSR count). The smallest absolute Gasteiger partial charge is 0.418 e. The topological polar surface area (TPSA) is 68.2 Å². The van der Waals surface area contributed by atoms with Gasteiger partial charge in [-0.05, 0) is 30.3 Å². The Balaban J connectivity index is 2.69. The van der Waals surface area contributed by atoms with Crippen molar-refractivity contribution in [2.75, 3.05) is 5.73 Å². The summed E-state index contributed by atoms with van der Waals surface area (Å²) in [5, 5.41) is 8.94. The first-order valence-corrected chi connectivity index (χ1v) is 5.18. The van der Waals surface area contributed by atoms with Crippen LogP contribution in [0.15, 0.2) is 36.5 Å². The van der Waals surface area contributed by atoms with E-state index in [0.717, 1.165) is 16.7 Å². The number of aromatic carboxylic acids is 1. The number of aromatic nitrogens is 1. The van der Waals surface area contributed by atoms with E-state index >= 15 is 0 Å². The minimum absolute atomic E-state index is 0.0416. The van der Waals surface area contributed by atoms with E-state index in [4.69, 9.17) is 10.8 Å². The van der Waals surface area contributed by atoms with Crippen LogP contribution in [0.3, 0.4) is 0 Å². The van der Waals surface area contributed by atoms with E-state index in [0.29, 0.717) is 0 Å². The van der Waals surface area contributed by atoms with Crippen molar-refractivity contribution in [3.63, 3.8) is 0 Å². The number of carboxylic acid groups (broad SMARTS) is 1. The van der Waals surface area contributed by atoms with Crippen molar-refractivity contribution in [1.82, 2.24) is 4.57 Å². The summed E-state index contributed by atoms with van der Waals surface area (Å²) in [4.78, 5) is 11.0. The molecule has 0 aliphatic carbocycles. The first kappa shape index (κ1) is 13.0. The van der Waals surface area contributed by atoms with Gasteiger partial charge in [-0.2, -0.15) is 13.2 Å². The van der Waals surface area contributed by atoms with Gasteiger partial charge in [0, 0.05) is 11.9 Å². The van der Waals surface area contributed by atoms with Crippen LogP contribution in [0.2, 0.25) is 0 Å². The average molecular weight is 270 g/mol. The molecule has 0 saturated heterocycles. The molecule has 0 atom stereocenters. The van der Waals surface area contributed by atoms with Crippen molar-refractivity contribution in [3.8, 4) is 5.69 Å². The Morgan fingerprint density at radius 2 is 1.95 bits per heavy atom. The van der Waals surface area contributed by atoms with Crippen molar-refractivity contribution >= 4 is 11.7 Å². The van der Waals surface area contributed by atoms with Crippen LogP contribution < -0.4 is 5.73 Å². The standard InChI is InChI=1S/C12H9F3N2O2/c13-12(14,15)8-6-7(16)3-4-9(8)17-5-1-2-10(17)11(18)19/h1-6H,16H2,(H,18,19). The van der Waals surface area contributed by atoms with Crippen LogP contribution in [0.25, 0.3) is 5.69 Å². The number of hydrogen-bond acceptors (Lipinski definition) is 2. The predicted molar refractivity (Wildman–Crippen MR) is 62.1 cm³/mol. The second-order valence-electron chi connectivity index (χ2n) is 3.84. The van der Waals surface area contributed by atoms with Gasteiger partial charge in [0.25, 0.3) is 0 Å². The van der Waals surface area contributed by atoms with Crippen molar-refractivity contribution in [3.05, 3.63) is 47.8 Å². The Morgan fingerprint density at radius 3 is 2.53 bits per heavy atom. The van der Waals surface area contributed by atoms with Gasteiger partial charge in [-0.1, -0.05) is 0 Å². The molecule has 1 aromatic carbocycles.